The highest BCUT2D eigenvalue weighted by Crippen LogP contribution is 2.37. The largest absolute Gasteiger partial charge is 0.481 e. The summed E-state index contributed by atoms with van der Waals surface area (Å²) in [6, 6.07) is 6.67. The zero-order chi connectivity index (χ0) is 10.8. The van der Waals surface area contributed by atoms with Crippen molar-refractivity contribution in [3.8, 4) is 5.75 Å². The lowest BCUT2D eigenvalue weighted by Crippen LogP contribution is -2.28. The molecular formula is C13H17NOS. The van der Waals surface area contributed by atoms with Crippen molar-refractivity contribution in [1.29, 1.82) is 0 Å². The van der Waals surface area contributed by atoms with Crippen LogP contribution in [0.1, 0.15) is 18.4 Å². The van der Waals surface area contributed by atoms with E-state index >= 15 is 0 Å². The first-order valence-corrected chi connectivity index (χ1v) is 6.99. The molecule has 0 aliphatic carbocycles. The van der Waals surface area contributed by atoms with Crippen LogP contribution in [0, 0.1) is 5.92 Å². The lowest BCUT2D eigenvalue weighted by molar-refractivity contribution is 0.371. The maximum Gasteiger partial charge on any atom is 0.138 e. The molecule has 1 N–H and O–H groups in total. The van der Waals surface area contributed by atoms with Crippen molar-refractivity contribution in [2.24, 2.45) is 5.92 Å². The number of hydrogen-bond acceptors (Lipinski definition) is 3. The molecule has 0 atom stereocenters. The summed E-state index contributed by atoms with van der Waals surface area (Å²) in [7, 11) is 0. The molecule has 0 bridgehead atoms. The fourth-order valence-electron chi connectivity index (χ4n) is 2.49. The average molecular weight is 235 g/mol. The van der Waals surface area contributed by atoms with Crippen LogP contribution in [0.4, 0.5) is 0 Å². The van der Waals surface area contributed by atoms with Crippen LogP contribution in [0.2, 0.25) is 0 Å². The predicted molar refractivity (Wildman–Crippen MR) is 67.1 cm³/mol. The molecule has 2 heterocycles. The quantitative estimate of drug-likeness (QED) is 0.851. The van der Waals surface area contributed by atoms with Crippen molar-refractivity contribution in [2.75, 3.05) is 19.0 Å². The van der Waals surface area contributed by atoms with Gasteiger partial charge >= 0.3 is 0 Å². The summed E-state index contributed by atoms with van der Waals surface area (Å²) >= 11 is 1.81. The van der Waals surface area contributed by atoms with Crippen LogP contribution >= 0.6 is 11.8 Å². The third-order valence-electron chi connectivity index (χ3n) is 3.42. The fraction of sp³-hybridized carbons (Fsp3) is 0.538. The molecule has 1 aromatic rings. The Labute approximate surface area is 101 Å². The topological polar surface area (TPSA) is 21.3 Å². The van der Waals surface area contributed by atoms with Gasteiger partial charge in [-0.15, -0.1) is 0 Å². The van der Waals surface area contributed by atoms with Gasteiger partial charge in [0.15, 0.2) is 0 Å². The molecule has 0 radical (unpaired) electrons. The van der Waals surface area contributed by atoms with Crippen LogP contribution in [0.3, 0.4) is 0 Å². The first kappa shape index (κ1) is 10.5. The molecule has 1 aromatic carbocycles. The first-order valence-electron chi connectivity index (χ1n) is 6.01. The second kappa shape index (κ2) is 4.68. The summed E-state index contributed by atoms with van der Waals surface area (Å²) < 4.78 is 5.50. The number of thioether (sulfide) groups is 1. The third-order valence-corrected chi connectivity index (χ3v) is 4.29. The fourth-order valence-corrected chi connectivity index (χ4v) is 3.30. The van der Waals surface area contributed by atoms with Gasteiger partial charge in [-0.25, -0.2) is 0 Å². The molecule has 0 amide bonds. The number of piperidine rings is 1. The zero-order valence-corrected chi connectivity index (χ0v) is 10.2. The van der Waals surface area contributed by atoms with Crippen molar-refractivity contribution in [3.63, 3.8) is 0 Å². The minimum Gasteiger partial charge on any atom is -0.481 e. The number of fused-ring (bicyclic) bond motifs is 1. The SMILES string of the molecule is c1cc2c(cc1CC1CCNCC1)SCO2. The summed E-state index contributed by atoms with van der Waals surface area (Å²) in [6.45, 7) is 2.38. The molecule has 2 aliphatic rings. The number of nitrogens with one attached hydrogen (secondary N) is 1. The Bertz CT molecular complexity index is 374. The van der Waals surface area contributed by atoms with E-state index in [2.05, 4.69) is 23.5 Å². The van der Waals surface area contributed by atoms with Gasteiger partial charge < -0.3 is 10.1 Å². The van der Waals surface area contributed by atoms with Gasteiger partial charge in [0, 0.05) is 0 Å². The van der Waals surface area contributed by atoms with Crippen LogP contribution in [0.15, 0.2) is 23.1 Å². The highest BCUT2D eigenvalue weighted by molar-refractivity contribution is 7.99. The molecule has 1 fully saturated rings. The standard InChI is InChI=1S/C13H17NOS/c1-2-12-13(16-9-15-12)8-11(1)7-10-3-5-14-6-4-10/h1-2,8,10,14H,3-7,9H2. The Morgan fingerprint density at radius 3 is 3.06 bits per heavy atom. The molecule has 0 unspecified atom stereocenters. The summed E-state index contributed by atoms with van der Waals surface area (Å²) in [6.07, 6.45) is 3.87. The van der Waals surface area contributed by atoms with Crippen LogP contribution in [-0.4, -0.2) is 19.0 Å². The second-order valence-electron chi connectivity index (χ2n) is 4.59. The molecule has 3 rings (SSSR count). The lowest BCUT2D eigenvalue weighted by Gasteiger charge is -2.22. The van der Waals surface area contributed by atoms with Gasteiger partial charge in [0.05, 0.1) is 4.90 Å². The predicted octanol–water partition coefficient (Wildman–Crippen LogP) is 2.67. The minimum atomic E-state index is 0.784. The average Bonchev–Trinajstić information content (AvgIpc) is 2.77. The molecule has 2 nitrogen and oxygen atoms in total. The van der Waals surface area contributed by atoms with Gasteiger partial charge in [-0.3, -0.25) is 0 Å². The van der Waals surface area contributed by atoms with E-state index in [1.54, 1.807) is 0 Å². The summed E-state index contributed by atoms with van der Waals surface area (Å²) in [5.74, 6) is 2.72. The van der Waals surface area contributed by atoms with Crippen LogP contribution in [-0.2, 0) is 6.42 Å². The lowest BCUT2D eigenvalue weighted by atomic mass is 9.91. The highest BCUT2D eigenvalue weighted by atomic mass is 32.2. The molecule has 0 saturated carbocycles. The van der Waals surface area contributed by atoms with Gasteiger partial charge in [-0.1, -0.05) is 17.8 Å². The van der Waals surface area contributed by atoms with Crippen molar-refractivity contribution in [1.82, 2.24) is 5.32 Å². The van der Waals surface area contributed by atoms with E-state index in [0.29, 0.717) is 0 Å². The number of hydrogen-bond donors (Lipinski definition) is 1. The van der Waals surface area contributed by atoms with Gasteiger partial charge in [-0.2, -0.15) is 0 Å². The van der Waals surface area contributed by atoms with E-state index in [4.69, 9.17) is 4.74 Å². The Hall–Kier alpha value is -0.670. The Morgan fingerprint density at radius 1 is 1.31 bits per heavy atom. The van der Waals surface area contributed by atoms with Crippen LogP contribution in [0.5, 0.6) is 5.75 Å². The van der Waals surface area contributed by atoms with E-state index in [1.165, 1.54) is 42.8 Å². The van der Waals surface area contributed by atoms with Gasteiger partial charge in [0.25, 0.3) is 0 Å². The molecule has 16 heavy (non-hydrogen) atoms. The number of ether oxygens (including phenoxy) is 1. The van der Waals surface area contributed by atoms with Crippen molar-refractivity contribution >= 4 is 11.8 Å². The number of benzene rings is 1. The second-order valence-corrected chi connectivity index (χ2v) is 5.55. The van der Waals surface area contributed by atoms with Gasteiger partial charge in [0.1, 0.15) is 11.7 Å². The monoisotopic (exact) mass is 235 g/mol. The van der Waals surface area contributed by atoms with Crippen molar-refractivity contribution < 1.29 is 4.74 Å². The van der Waals surface area contributed by atoms with Crippen molar-refractivity contribution in [3.05, 3.63) is 23.8 Å². The zero-order valence-electron chi connectivity index (χ0n) is 9.37. The van der Waals surface area contributed by atoms with Gasteiger partial charge in [-0.05, 0) is 56.0 Å². The van der Waals surface area contributed by atoms with Crippen LogP contribution in [0.25, 0.3) is 0 Å². The van der Waals surface area contributed by atoms with E-state index < -0.39 is 0 Å². The summed E-state index contributed by atoms with van der Waals surface area (Å²) in [5, 5.41) is 3.42. The maximum atomic E-state index is 5.50. The van der Waals surface area contributed by atoms with E-state index in [0.717, 1.165) is 17.6 Å². The minimum absolute atomic E-state index is 0.784. The third kappa shape index (κ3) is 2.20. The van der Waals surface area contributed by atoms with E-state index in [1.807, 2.05) is 11.8 Å². The molecular weight excluding hydrogens is 218 g/mol. The first-order chi connectivity index (χ1) is 7.92. The van der Waals surface area contributed by atoms with E-state index in [9.17, 15) is 0 Å². The molecule has 86 valence electrons. The summed E-state index contributed by atoms with van der Waals surface area (Å²) in [4.78, 5) is 1.33. The van der Waals surface area contributed by atoms with Crippen molar-refractivity contribution in [2.45, 2.75) is 24.2 Å². The Morgan fingerprint density at radius 2 is 2.19 bits per heavy atom. The molecule has 2 aliphatic heterocycles. The summed E-state index contributed by atoms with van der Waals surface area (Å²) in [5.41, 5.74) is 1.48. The van der Waals surface area contributed by atoms with Crippen LogP contribution < -0.4 is 10.1 Å². The van der Waals surface area contributed by atoms with Gasteiger partial charge in [0.2, 0.25) is 0 Å². The highest BCUT2D eigenvalue weighted by Gasteiger charge is 2.16. The Balaban J connectivity index is 1.69. The smallest absolute Gasteiger partial charge is 0.138 e. The molecule has 3 heteroatoms. The molecule has 0 aromatic heterocycles. The molecule has 0 spiro atoms. The normalized spacial score (nSPS) is 20.5. The Kier molecular flexibility index (Phi) is 3.06. The number of rotatable bonds is 2. The van der Waals surface area contributed by atoms with E-state index in [-0.39, 0.29) is 0 Å². The molecule has 1 saturated heterocycles. The maximum absolute atomic E-state index is 5.50.